The zero-order valence-corrected chi connectivity index (χ0v) is 11.3. The minimum atomic E-state index is -3.54. The molecule has 1 atom stereocenters. The van der Waals surface area contributed by atoms with E-state index in [1.54, 1.807) is 13.8 Å². The van der Waals surface area contributed by atoms with Crippen molar-refractivity contribution in [3.8, 4) is 0 Å². The molecule has 1 saturated heterocycles. The minimum absolute atomic E-state index is 0.152. The van der Waals surface area contributed by atoms with Crippen molar-refractivity contribution in [2.24, 2.45) is 5.73 Å². The average Bonchev–Trinajstić information content (AvgIpc) is 2.29. The van der Waals surface area contributed by atoms with Gasteiger partial charge in [0.25, 0.3) is 10.2 Å². The largest absolute Gasteiger partial charge is 0.386 e. The molecule has 1 rings (SSSR count). The lowest BCUT2D eigenvalue weighted by Gasteiger charge is -2.33. The first kappa shape index (κ1) is 14.4. The molecule has 0 aliphatic carbocycles. The van der Waals surface area contributed by atoms with Gasteiger partial charge in [0.1, 0.15) is 5.84 Å². The van der Waals surface area contributed by atoms with E-state index in [0.717, 1.165) is 19.3 Å². The molecule has 1 aliphatic rings. The molecule has 0 aromatic carbocycles. The summed E-state index contributed by atoms with van der Waals surface area (Å²) in [5.74, 6) is -0.152. The van der Waals surface area contributed by atoms with Crippen molar-refractivity contribution in [2.45, 2.75) is 45.1 Å². The van der Waals surface area contributed by atoms with E-state index < -0.39 is 15.7 Å². The van der Waals surface area contributed by atoms with E-state index in [2.05, 4.69) is 4.72 Å². The average molecular weight is 262 g/mol. The third-order valence-electron chi connectivity index (χ3n) is 3.31. The molecule has 0 saturated carbocycles. The molecule has 1 heterocycles. The van der Waals surface area contributed by atoms with Crippen LogP contribution in [0.5, 0.6) is 0 Å². The van der Waals surface area contributed by atoms with Crippen LogP contribution >= 0.6 is 0 Å². The predicted molar refractivity (Wildman–Crippen MR) is 68.1 cm³/mol. The van der Waals surface area contributed by atoms with Crippen LogP contribution in [0.2, 0.25) is 0 Å². The highest BCUT2D eigenvalue weighted by Crippen LogP contribution is 2.16. The van der Waals surface area contributed by atoms with E-state index in [1.807, 2.05) is 0 Å². The number of hydrogen-bond acceptors (Lipinski definition) is 3. The second-order valence-electron chi connectivity index (χ2n) is 4.67. The van der Waals surface area contributed by atoms with E-state index in [-0.39, 0.29) is 5.84 Å². The Hall–Kier alpha value is -0.660. The summed E-state index contributed by atoms with van der Waals surface area (Å²) in [7, 11) is -3.54. The van der Waals surface area contributed by atoms with Gasteiger partial charge >= 0.3 is 0 Å². The van der Waals surface area contributed by atoms with Crippen molar-refractivity contribution < 1.29 is 8.42 Å². The van der Waals surface area contributed by atoms with Crippen LogP contribution < -0.4 is 10.5 Å². The first-order chi connectivity index (χ1) is 7.82. The summed E-state index contributed by atoms with van der Waals surface area (Å²) in [4.78, 5) is 0. The highest BCUT2D eigenvalue weighted by Gasteiger charge is 2.34. The maximum absolute atomic E-state index is 12.1. The summed E-state index contributed by atoms with van der Waals surface area (Å²) < 4.78 is 28.2. The fourth-order valence-electron chi connectivity index (χ4n) is 1.77. The van der Waals surface area contributed by atoms with Gasteiger partial charge in [0, 0.05) is 13.1 Å². The standard InChI is InChI=1S/C10H22N4O2S/c1-3-10(2,9(11)12)13-17(15,16)14-7-5-4-6-8-14/h13H,3-8H2,1-2H3,(H3,11,12). The van der Waals surface area contributed by atoms with Gasteiger partial charge in [0.2, 0.25) is 0 Å². The van der Waals surface area contributed by atoms with Crippen LogP contribution in [0.1, 0.15) is 39.5 Å². The molecule has 7 heteroatoms. The van der Waals surface area contributed by atoms with Crippen molar-refractivity contribution in [2.75, 3.05) is 13.1 Å². The predicted octanol–water partition coefficient (Wildman–Crippen LogP) is 0.411. The quantitative estimate of drug-likeness (QED) is 0.494. The Morgan fingerprint density at radius 1 is 1.41 bits per heavy atom. The highest BCUT2D eigenvalue weighted by atomic mass is 32.2. The molecule has 6 nitrogen and oxygen atoms in total. The molecule has 0 aromatic rings. The molecule has 4 N–H and O–H groups in total. The number of piperidine rings is 1. The summed E-state index contributed by atoms with van der Waals surface area (Å²) in [6.07, 6.45) is 3.31. The molecule has 0 amide bonds. The zero-order valence-electron chi connectivity index (χ0n) is 10.5. The Bertz CT molecular complexity index is 376. The molecule has 0 spiro atoms. The molecule has 1 aliphatic heterocycles. The molecule has 1 unspecified atom stereocenters. The summed E-state index contributed by atoms with van der Waals surface area (Å²) in [6.45, 7) is 4.54. The second kappa shape index (κ2) is 5.32. The van der Waals surface area contributed by atoms with Gasteiger partial charge in [-0.3, -0.25) is 5.41 Å². The van der Waals surface area contributed by atoms with Gasteiger partial charge in [0.05, 0.1) is 5.54 Å². The normalized spacial score (nSPS) is 22.0. The van der Waals surface area contributed by atoms with Gasteiger partial charge in [-0.25, -0.2) is 0 Å². The van der Waals surface area contributed by atoms with Gasteiger partial charge in [-0.1, -0.05) is 13.3 Å². The first-order valence-corrected chi connectivity index (χ1v) is 7.39. The first-order valence-electron chi connectivity index (χ1n) is 5.95. The van der Waals surface area contributed by atoms with Crippen molar-refractivity contribution in [1.82, 2.24) is 9.03 Å². The van der Waals surface area contributed by atoms with Crippen LogP contribution in [0.3, 0.4) is 0 Å². The van der Waals surface area contributed by atoms with Crippen LogP contribution in [-0.4, -0.2) is 37.2 Å². The molecule has 0 aromatic heterocycles. The van der Waals surface area contributed by atoms with E-state index in [9.17, 15) is 8.42 Å². The zero-order chi connectivity index (χ0) is 13.1. The number of nitrogens with zero attached hydrogens (tertiary/aromatic N) is 1. The molecular formula is C10H22N4O2S. The Labute approximate surface area is 103 Å². The Balaban J connectivity index is 2.80. The van der Waals surface area contributed by atoms with Gasteiger partial charge in [-0.05, 0) is 26.2 Å². The fraction of sp³-hybridized carbons (Fsp3) is 0.900. The number of amidine groups is 1. The SMILES string of the molecule is CCC(C)(NS(=O)(=O)N1CCCCC1)C(=N)N. The fourth-order valence-corrected chi connectivity index (χ4v) is 3.46. The van der Waals surface area contributed by atoms with Gasteiger partial charge in [0.15, 0.2) is 0 Å². The van der Waals surface area contributed by atoms with Crippen LogP contribution in [0.25, 0.3) is 0 Å². The Morgan fingerprint density at radius 3 is 2.35 bits per heavy atom. The van der Waals surface area contributed by atoms with Crippen LogP contribution in [-0.2, 0) is 10.2 Å². The lowest BCUT2D eigenvalue weighted by Crippen LogP contribution is -2.58. The molecule has 0 radical (unpaired) electrons. The van der Waals surface area contributed by atoms with E-state index in [1.165, 1.54) is 4.31 Å². The summed E-state index contributed by atoms with van der Waals surface area (Å²) in [6, 6.07) is 0. The van der Waals surface area contributed by atoms with Crippen molar-refractivity contribution in [3.05, 3.63) is 0 Å². The number of rotatable bonds is 5. The monoisotopic (exact) mass is 262 g/mol. The van der Waals surface area contributed by atoms with Gasteiger partial charge in [-0.2, -0.15) is 17.4 Å². The lowest BCUT2D eigenvalue weighted by molar-refractivity contribution is 0.334. The maximum atomic E-state index is 12.1. The third-order valence-corrected chi connectivity index (χ3v) is 5.06. The van der Waals surface area contributed by atoms with E-state index in [4.69, 9.17) is 11.1 Å². The minimum Gasteiger partial charge on any atom is -0.386 e. The van der Waals surface area contributed by atoms with Crippen LogP contribution in [0.15, 0.2) is 0 Å². The smallest absolute Gasteiger partial charge is 0.280 e. The van der Waals surface area contributed by atoms with Gasteiger partial charge < -0.3 is 5.73 Å². The maximum Gasteiger partial charge on any atom is 0.280 e. The van der Waals surface area contributed by atoms with Crippen LogP contribution in [0, 0.1) is 5.41 Å². The van der Waals surface area contributed by atoms with Crippen molar-refractivity contribution in [1.29, 1.82) is 5.41 Å². The van der Waals surface area contributed by atoms with Gasteiger partial charge in [-0.15, -0.1) is 0 Å². The lowest BCUT2D eigenvalue weighted by atomic mass is 10.00. The molecule has 17 heavy (non-hydrogen) atoms. The summed E-state index contributed by atoms with van der Waals surface area (Å²) in [5.41, 5.74) is 4.47. The highest BCUT2D eigenvalue weighted by molar-refractivity contribution is 7.87. The number of nitrogens with one attached hydrogen (secondary N) is 2. The number of hydrogen-bond donors (Lipinski definition) is 3. The molecule has 0 bridgehead atoms. The van der Waals surface area contributed by atoms with Crippen molar-refractivity contribution >= 4 is 16.0 Å². The molecular weight excluding hydrogens is 240 g/mol. The van der Waals surface area contributed by atoms with E-state index >= 15 is 0 Å². The van der Waals surface area contributed by atoms with Crippen LogP contribution in [0.4, 0.5) is 0 Å². The molecule has 100 valence electrons. The third kappa shape index (κ3) is 3.40. The topological polar surface area (TPSA) is 99.3 Å². The number of nitrogens with two attached hydrogens (primary N) is 1. The molecule has 1 fully saturated rings. The van der Waals surface area contributed by atoms with Crippen molar-refractivity contribution in [3.63, 3.8) is 0 Å². The summed E-state index contributed by atoms with van der Waals surface area (Å²) >= 11 is 0. The second-order valence-corrected chi connectivity index (χ2v) is 6.34. The Kier molecular flexibility index (Phi) is 4.51. The Morgan fingerprint density at radius 2 is 1.94 bits per heavy atom. The summed E-state index contributed by atoms with van der Waals surface area (Å²) in [5, 5.41) is 7.47. The van der Waals surface area contributed by atoms with E-state index in [0.29, 0.717) is 19.5 Å².